The summed E-state index contributed by atoms with van der Waals surface area (Å²) in [6.45, 7) is 12.0. The van der Waals surface area contributed by atoms with E-state index in [1.54, 1.807) is 13.8 Å². The lowest BCUT2D eigenvalue weighted by Gasteiger charge is -2.43. The van der Waals surface area contributed by atoms with E-state index in [2.05, 4.69) is 41.6 Å². The van der Waals surface area contributed by atoms with Gasteiger partial charge in [-0.25, -0.2) is 4.39 Å². The third kappa shape index (κ3) is 4.01. The number of halogens is 1. The Kier molecular flexibility index (Phi) is 5.29. The van der Waals surface area contributed by atoms with Crippen molar-refractivity contribution >= 4 is 10.9 Å². The van der Waals surface area contributed by atoms with Gasteiger partial charge >= 0.3 is 0 Å². The summed E-state index contributed by atoms with van der Waals surface area (Å²) in [5.74, 6) is 0. The molecule has 0 saturated carbocycles. The predicted octanol–water partition coefficient (Wildman–Crippen LogP) is 5.18. The van der Waals surface area contributed by atoms with Gasteiger partial charge in [-0.3, -0.25) is 4.90 Å². The maximum atomic E-state index is 14.6. The predicted molar refractivity (Wildman–Crippen MR) is 112 cm³/mol. The second kappa shape index (κ2) is 7.35. The van der Waals surface area contributed by atoms with Crippen molar-refractivity contribution in [3.05, 3.63) is 71.6 Å². The minimum atomic E-state index is -1.29. The molecule has 1 aromatic carbocycles. The van der Waals surface area contributed by atoms with Gasteiger partial charge in [0, 0.05) is 34.9 Å². The standard InChI is InChI=1S/C23H30FN3/c1-6-17(25)12-11-15(2)22-21-19(18-9-7-8-10-20(18)26-21)13-16(3)27(22)14-23(4,5)24/h6-12,16,22,26H,2,13-14,25H2,1,3-5H3/b12-11-,17-6+/t16-,22-/m1/s1. The highest BCUT2D eigenvalue weighted by Gasteiger charge is 2.38. The second-order valence-electron chi connectivity index (χ2n) is 8.11. The molecule has 3 N–H and O–H groups in total. The fraction of sp³-hybridized carbons (Fsp3) is 0.391. The van der Waals surface area contributed by atoms with Crippen molar-refractivity contribution in [3.63, 3.8) is 0 Å². The molecule has 2 aromatic rings. The lowest BCUT2D eigenvalue weighted by molar-refractivity contribution is 0.0667. The highest BCUT2D eigenvalue weighted by Crippen LogP contribution is 2.41. The SMILES string of the molecule is C=C(/C=C\C(N)=C/C)[C@@H]1c2[nH]c3ccccc3c2C[C@@H](C)N1CC(C)(C)F. The van der Waals surface area contributed by atoms with Gasteiger partial charge in [0.05, 0.1) is 6.04 Å². The van der Waals surface area contributed by atoms with Gasteiger partial charge < -0.3 is 10.7 Å². The molecule has 0 unspecified atom stereocenters. The molecule has 3 nitrogen and oxygen atoms in total. The number of aromatic amines is 1. The highest BCUT2D eigenvalue weighted by molar-refractivity contribution is 5.85. The third-order valence-corrected chi connectivity index (χ3v) is 5.25. The molecule has 2 atom stereocenters. The van der Waals surface area contributed by atoms with E-state index < -0.39 is 5.67 Å². The van der Waals surface area contributed by atoms with E-state index in [1.165, 1.54) is 10.9 Å². The van der Waals surface area contributed by atoms with Crippen LogP contribution in [0, 0.1) is 0 Å². The summed E-state index contributed by atoms with van der Waals surface area (Å²) in [5, 5.41) is 1.24. The summed E-state index contributed by atoms with van der Waals surface area (Å²) in [5.41, 5.74) is 9.77. The number of alkyl halides is 1. The number of H-pyrrole nitrogens is 1. The molecule has 0 spiro atoms. The lowest BCUT2D eigenvalue weighted by atomic mass is 9.87. The molecule has 0 fully saturated rings. The van der Waals surface area contributed by atoms with Crippen molar-refractivity contribution in [1.29, 1.82) is 0 Å². The average Bonchev–Trinajstić information content (AvgIpc) is 2.96. The van der Waals surface area contributed by atoms with Crippen LogP contribution in [-0.2, 0) is 6.42 Å². The molecular formula is C23H30FN3. The summed E-state index contributed by atoms with van der Waals surface area (Å²) in [6, 6.07) is 8.45. The Balaban J connectivity index is 2.10. The van der Waals surface area contributed by atoms with Crippen molar-refractivity contribution < 1.29 is 4.39 Å². The number of aromatic nitrogens is 1. The number of hydrogen-bond acceptors (Lipinski definition) is 2. The Morgan fingerprint density at radius 1 is 1.37 bits per heavy atom. The first-order chi connectivity index (χ1) is 12.7. The van der Waals surface area contributed by atoms with Crippen LogP contribution in [-0.4, -0.2) is 28.1 Å². The number of allylic oxidation sites excluding steroid dienone is 2. The van der Waals surface area contributed by atoms with Crippen LogP contribution in [0.5, 0.6) is 0 Å². The molecule has 0 amide bonds. The monoisotopic (exact) mass is 367 g/mol. The van der Waals surface area contributed by atoms with Crippen LogP contribution < -0.4 is 5.73 Å². The Hall–Kier alpha value is -2.33. The summed E-state index contributed by atoms with van der Waals surface area (Å²) in [4.78, 5) is 5.80. The Bertz CT molecular complexity index is 898. The zero-order valence-electron chi connectivity index (χ0n) is 16.7. The summed E-state index contributed by atoms with van der Waals surface area (Å²) in [7, 11) is 0. The van der Waals surface area contributed by atoms with Crippen LogP contribution in [0.2, 0.25) is 0 Å². The quantitative estimate of drug-likeness (QED) is 0.715. The molecule has 0 radical (unpaired) electrons. The van der Waals surface area contributed by atoms with Crippen molar-refractivity contribution in [1.82, 2.24) is 9.88 Å². The van der Waals surface area contributed by atoms with E-state index in [0.29, 0.717) is 12.2 Å². The van der Waals surface area contributed by atoms with E-state index in [4.69, 9.17) is 5.73 Å². The third-order valence-electron chi connectivity index (χ3n) is 5.25. The van der Waals surface area contributed by atoms with Crippen molar-refractivity contribution in [2.75, 3.05) is 6.54 Å². The molecule has 4 heteroatoms. The molecule has 1 aliphatic rings. The molecule has 2 heterocycles. The first-order valence-corrected chi connectivity index (χ1v) is 9.54. The molecule has 144 valence electrons. The number of para-hydroxylation sites is 1. The highest BCUT2D eigenvalue weighted by atomic mass is 19.1. The number of nitrogens with two attached hydrogens (primary N) is 1. The van der Waals surface area contributed by atoms with Crippen LogP contribution in [0.25, 0.3) is 10.9 Å². The number of nitrogens with one attached hydrogen (secondary N) is 1. The van der Waals surface area contributed by atoms with Gasteiger partial charge in [0.25, 0.3) is 0 Å². The molecule has 1 aliphatic heterocycles. The van der Waals surface area contributed by atoms with Crippen molar-refractivity contribution in [2.45, 2.75) is 51.9 Å². The number of fused-ring (bicyclic) bond motifs is 3. The van der Waals surface area contributed by atoms with E-state index in [9.17, 15) is 4.39 Å². The second-order valence-corrected chi connectivity index (χ2v) is 8.11. The van der Waals surface area contributed by atoms with Crippen LogP contribution in [0.4, 0.5) is 4.39 Å². The molecule has 0 bridgehead atoms. The maximum absolute atomic E-state index is 14.6. The molecule has 3 rings (SSSR count). The van der Waals surface area contributed by atoms with Crippen LogP contribution in [0.15, 0.2) is 60.3 Å². The van der Waals surface area contributed by atoms with E-state index >= 15 is 0 Å². The van der Waals surface area contributed by atoms with Crippen molar-refractivity contribution in [3.8, 4) is 0 Å². The molecule has 0 saturated heterocycles. The fourth-order valence-electron chi connectivity index (χ4n) is 3.98. The van der Waals surface area contributed by atoms with E-state index in [0.717, 1.165) is 23.2 Å². The first-order valence-electron chi connectivity index (χ1n) is 9.54. The van der Waals surface area contributed by atoms with Gasteiger partial charge in [-0.05, 0) is 57.4 Å². The van der Waals surface area contributed by atoms with Gasteiger partial charge in [-0.1, -0.05) is 36.9 Å². The fourth-order valence-corrected chi connectivity index (χ4v) is 3.98. The Labute approximate surface area is 161 Å². The largest absolute Gasteiger partial charge is 0.399 e. The smallest absolute Gasteiger partial charge is 0.118 e. The van der Waals surface area contributed by atoms with E-state index in [1.807, 2.05) is 31.2 Å². The van der Waals surface area contributed by atoms with Gasteiger partial charge in [0.15, 0.2) is 0 Å². The van der Waals surface area contributed by atoms with Gasteiger partial charge in [0.1, 0.15) is 5.67 Å². The molecule has 0 aliphatic carbocycles. The topological polar surface area (TPSA) is 45.1 Å². The number of rotatable bonds is 5. The van der Waals surface area contributed by atoms with Crippen LogP contribution in [0.1, 0.15) is 45.0 Å². The summed E-state index contributed by atoms with van der Waals surface area (Å²) >= 11 is 0. The summed E-state index contributed by atoms with van der Waals surface area (Å²) in [6.07, 6.45) is 6.55. The molecule has 27 heavy (non-hydrogen) atoms. The Morgan fingerprint density at radius 3 is 2.74 bits per heavy atom. The zero-order valence-corrected chi connectivity index (χ0v) is 16.7. The molecule has 1 aromatic heterocycles. The normalized spacial score (nSPS) is 21.7. The maximum Gasteiger partial charge on any atom is 0.118 e. The van der Waals surface area contributed by atoms with Crippen molar-refractivity contribution in [2.24, 2.45) is 5.73 Å². The van der Waals surface area contributed by atoms with Crippen LogP contribution in [0.3, 0.4) is 0 Å². The average molecular weight is 368 g/mol. The lowest BCUT2D eigenvalue weighted by Crippen LogP contribution is -2.47. The van der Waals surface area contributed by atoms with Crippen LogP contribution >= 0.6 is 0 Å². The van der Waals surface area contributed by atoms with Gasteiger partial charge in [0.2, 0.25) is 0 Å². The minimum Gasteiger partial charge on any atom is -0.399 e. The molecular weight excluding hydrogens is 337 g/mol. The minimum absolute atomic E-state index is 0.105. The zero-order chi connectivity index (χ0) is 19.8. The number of hydrogen-bond donors (Lipinski definition) is 2. The van der Waals surface area contributed by atoms with E-state index in [-0.39, 0.29) is 12.1 Å². The number of benzene rings is 1. The Morgan fingerprint density at radius 2 is 2.07 bits per heavy atom. The number of nitrogens with zero attached hydrogens (tertiary/aromatic N) is 1. The summed E-state index contributed by atoms with van der Waals surface area (Å²) < 4.78 is 14.6. The van der Waals surface area contributed by atoms with Gasteiger partial charge in [-0.15, -0.1) is 0 Å². The van der Waals surface area contributed by atoms with Gasteiger partial charge in [-0.2, -0.15) is 0 Å². The first kappa shape index (κ1) is 19.4.